The molecule has 2 aliphatic rings. The van der Waals surface area contributed by atoms with E-state index in [-0.39, 0.29) is 17.4 Å². The van der Waals surface area contributed by atoms with Crippen molar-refractivity contribution in [2.75, 3.05) is 31.2 Å². The number of nitriles is 1. The monoisotopic (exact) mass is 453 g/mol. The van der Waals surface area contributed by atoms with E-state index in [4.69, 9.17) is 16.3 Å². The Morgan fingerprint density at radius 3 is 2.48 bits per heavy atom. The number of carbonyl (C=O) groups is 2. The molecule has 8 heteroatoms. The van der Waals surface area contributed by atoms with Crippen LogP contribution in [0.3, 0.4) is 0 Å². The van der Waals surface area contributed by atoms with Crippen LogP contribution in [0.15, 0.2) is 65.2 Å². The fraction of sp³-hybridized carbons (Fsp3) is 0.261. The van der Waals surface area contributed by atoms with Crippen molar-refractivity contribution in [2.45, 2.75) is 11.7 Å². The molecule has 0 radical (unpaired) electrons. The van der Waals surface area contributed by atoms with Crippen LogP contribution >= 0.6 is 23.4 Å². The topological polar surface area (TPSA) is 73.6 Å². The molecular formula is C23H20ClN3O3S. The lowest BCUT2D eigenvalue weighted by Crippen LogP contribution is -2.42. The molecule has 2 aliphatic heterocycles. The average Bonchev–Trinajstić information content (AvgIpc) is 3.12. The Labute approximate surface area is 190 Å². The van der Waals surface area contributed by atoms with Crippen molar-refractivity contribution in [3.8, 4) is 6.07 Å². The fourth-order valence-electron chi connectivity index (χ4n) is 3.58. The molecule has 158 valence electrons. The average molecular weight is 454 g/mol. The van der Waals surface area contributed by atoms with Crippen LogP contribution in [0.4, 0.5) is 5.69 Å². The zero-order valence-corrected chi connectivity index (χ0v) is 18.2. The van der Waals surface area contributed by atoms with Crippen molar-refractivity contribution in [2.24, 2.45) is 0 Å². The predicted octanol–water partition coefficient (Wildman–Crippen LogP) is 3.63. The van der Waals surface area contributed by atoms with E-state index < -0.39 is 5.25 Å². The zero-order valence-electron chi connectivity index (χ0n) is 16.7. The second-order valence-corrected chi connectivity index (χ2v) is 8.71. The van der Waals surface area contributed by atoms with E-state index in [1.807, 2.05) is 36.4 Å². The minimum absolute atomic E-state index is 0.0224. The molecule has 1 atom stereocenters. The Morgan fingerprint density at radius 1 is 1.13 bits per heavy atom. The van der Waals surface area contributed by atoms with Crippen molar-refractivity contribution >= 4 is 40.9 Å². The van der Waals surface area contributed by atoms with Crippen LogP contribution in [0, 0.1) is 11.3 Å². The van der Waals surface area contributed by atoms with Gasteiger partial charge in [0.05, 0.1) is 18.5 Å². The molecule has 2 aromatic carbocycles. The van der Waals surface area contributed by atoms with Gasteiger partial charge in [-0.1, -0.05) is 59.8 Å². The Kier molecular flexibility index (Phi) is 6.62. The summed E-state index contributed by atoms with van der Waals surface area (Å²) in [6, 6.07) is 18.5. The number of amides is 2. The third-order valence-electron chi connectivity index (χ3n) is 5.17. The SMILES string of the molecule is N#C/C(C(=O)N1CCOCC1)=C1/S[C@@H](Cc2ccccc2Cl)C(=O)N1c1ccccc1. The van der Waals surface area contributed by atoms with Crippen molar-refractivity contribution < 1.29 is 14.3 Å². The van der Waals surface area contributed by atoms with Crippen LogP contribution < -0.4 is 4.90 Å². The summed E-state index contributed by atoms with van der Waals surface area (Å²) in [4.78, 5) is 29.7. The van der Waals surface area contributed by atoms with Gasteiger partial charge in [0.15, 0.2) is 0 Å². The molecule has 2 saturated heterocycles. The first kappa shape index (κ1) is 21.4. The van der Waals surface area contributed by atoms with Crippen molar-refractivity contribution in [3.63, 3.8) is 0 Å². The number of ether oxygens (including phenoxy) is 1. The molecule has 0 saturated carbocycles. The molecule has 0 spiro atoms. The number of halogens is 1. The summed E-state index contributed by atoms with van der Waals surface area (Å²) in [6.07, 6.45) is 0.403. The highest BCUT2D eigenvalue weighted by Gasteiger charge is 2.41. The predicted molar refractivity (Wildman–Crippen MR) is 121 cm³/mol. The molecule has 2 aromatic rings. The lowest BCUT2D eigenvalue weighted by molar-refractivity contribution is -0.130. The molecule has 31 heavy (non-hydrogen) atoms. The van der Waals surface area contributed by atoms with Crippen LogP contribution in [-0.4, -0.2) is 48.3 Å². The minimum Gasteiger partial charge on any atom is -0.378 e. The highest BCUT2D eigenvalue weighted by Crippen LogP contribution is 2.42. The van der Waals surface area contributed by atoms with Crippen LogP contribution in [0.25, 0.3) is 0 Å². The summed E-state index contributed by atoms with van der Waals surface area (Å²) >= 11 is 7.56. The van der Waals surface area contributed by atoms with E-state index in [1.54, 1.807) is 23.1 Å². The maximum absolute atomic E-state index is 13.4. The number of rotatable bonds is 4. The number of nitrogens with zero attached hydrogens (tertiary/aromatic N) is 3. The van der Waals surface area contributed by atoms with Gasteiger partial charge < -0.3 is 9.64 Å². The first-order valence-corrected chi connectivity index (χ1v) is 11.2. The summed E-state index contributed by atoms with van der Waals surface area (Å²) in [6.45, 7) is 1.71. The molecule has 0 bridgehead atoms. The van der Waals surface area contributed by atoms with Gasteiger partial charge in [-0.15, -0.1) is 0 Å². The Morgan fingerprint density at radius 2 is 1.81 bits per heavy atom. The van der Waals surface area contributed by atoms with Crippen LogP contribution in [-0.2, 0) is 20.7 Å². The molecular weight excluding hydrogens is 434 g/mol. The van der Waals surface area contributed by atoms with E-state index >= 15 is 0 Å². The number of carbonyl (C=O) groups excluding carboxylic acids is 2. The molecule has 4 rings (SSSR count). The Hall–Kier alpha value is -2.79. The zero-order chi connectivity index (χ0) is 21.8. The molecule has 2 fully saturated rings. The Balaban J connectivity index is 1.73. The second-order valence-electron chi connectivity index (χ2n) is 7.11. The Bertz CT molecular complexity index is 1060. The lowest BCUT2D eigenvalue weighted by atomic mass is 10.1. The largest absolute Gasteiger partial charge is 0.378 e. The van der Waals surface area contributed by atoms with E-state index in [9.17, 15) is 14.9 Å². The van der Waals surface area contributed by atoms with Crippen LogP contribution in [0.2, 0.25) is 5.02 Å². The molecule has 0 aliphatic carbocycles. The number of morpholine rings is 1. The standard InChI is InChI=1S/C23H20ClN3O3S/c24-19-9-5-4-6-16(19)14-20-22(29)27(17-7-2-1-3-8-17)23(31-20)18(15-25)21(28)26-10-12-30-13-11-26/h1-9,20H,10-14H2/b23-18-/t20-/m0/s1. The molecule has 2 heterocycles. The first-order valence-electron chi connectivity index (χ1n) is 9.90. The van der Waals surface area contributed by atoms with E-state index in [0.717, 1.165) is 5.56 Å². The van der Waals surface area contributed by atoms with Gasteiger partial charge in [-0.05, 0) is 30.2 Å². The van der Waals surface area contributed by atoms with E-state index in [0.29, 0.717) is 48.5 Å². The summed E-state index contributed by atoms with van der Waals surface area (Å²) in [5.41, 5.74) is 1.45. The molecule has 0 N–H and O–H groups in total. The van der Waals surface area contributed by atoms with Gasteiger partial charge in [0.1, 0.15) is 16.7 Å². The normalized spacial score (nSPS) is 20.5. The lowest BCUT2D eigenvalue weighted by Gasteiger charge is -2.27. The molecule has 6 nitrogen and oxygen atoms in total. The number of hydrogen-bond donors (Lipinski definition) is 0. The van der Waals surface area contributed by atoms with E-state index in [1.165, 1.54) is 16.7 Å². The number of benzene rings is 2. The minimum atomic E-state index is -0.490. The molecule has 0 unspecified atom stereocenters. The first-order chi connectivity index (χ1) is 15.1. The summed E-state index contributed by atoms with van der Waals surface area (Å²) in [7, 11) is 0. The van der Waals surface area contributed by atoms with Gasteiger partial charge in [0.25, 0.3) is 5.91 Å². The van der Waals surface area contributed by atoms with Gasteiger partial charge in [-0.25, -0.2) is 0 Å². The highest BCUT2D eigenvalue weighted by molar-refractivity contribution is 8.05. The second kappa shape index (κ2) is 9.56. The van der Waals surface area contributed by atoms with Gasteiger partial charge in [-0.2, -0.15) is 5.26 Å². The van der Waals surface area contributed by atoms with Crippen molar-refractivity contribution in [1.82, 2.24) is 4.90 Å². The van der Waals surface area contributed by atoms with Crippen LogP contribution in [0.1, 0.15) is 5.56 Å². The molecule has 0 aromatic heterocycles. The third-order valence-corrected chi connectivity index (χ3v) is 6.80. The van der Waals surface area contributed by atoms with Crippen molar-refractivity contribution in [1.29, 1.82) is 5.26 Å². The number of thioether (sulfide) groups is 1. The summed E-state index contributed by atoms with van der Waals surface area (Å²) in [5, 5.41) is 10.4. The number of hydrogen-bond acceptors (Lipinski definition) is 5. The quantitative estimate of drug-likeness (QED) is 0.522. The number of para-hydroxylation sites is 1. The number of anilines is 1. The van der Waals surface area contributed by atoms with Gasteiger partial charge >= 0.3 is 0 Å². The van der Waals surface area contributed by atoms with Gasteiger partial charge in [0, 0.05) is 23.8 Å². The highest BCUT2D eigenvalue weighted by atomic mass is 35.5. The molecule has 2 amide bonds. The maximum Gasteiger partial charge on any atom is 0.267 e. The van der Waals surface area contributed by atoms with Crippen molar-refractivity contribution in [3.05, 3.63) is 75.8 Å². The summed E-state index contributed by atoms with van der Waals surface area (Å²) < 4.78 is 5.32. The smallest absolute Gasteiger partial charge is 0.267 e. The maximum atomic E-state index is 13.4. The van der Waals surface area contributed by atoms with Gasteiger partial charge in [-0.3, -0.25) is 14.5 Å². The van der Waals surface area contributed by atoms with E-state index in [2.05, 4.69) is 6.07 Å². The third kappa shape index (κ3) is 4.47. The van der Waals surface area contributed by atoms with Crippen LogP contribution in [0.5, 0.6) is 0 Å². The van der Waals surface area contributed by atoms with Gasteiger partial charge in [0.2, 0.25) is 5.91 Å². The fourth-order valence-corrected chi connectivity index (χ4v) is 5.08. The summed E-state index contributed by atoms with van der Waals surface area (Å²) in [5.74, 6) is -0.547.